The number of pyridine rings is 1. The molecule has 1 fully saturated rings. The van der Waals surface area contributed by atoms with Gasteiger partial charge in [-0.2, -0.15) is 4.31 Å². The van der Waals surface area contributed by atoms with Crippen LogP contribution in [0.15, 0.2) is 47.5 Å². The van der Waals surface area contributed by atoms with Gasteiger partial charge < -0.3 is 0 Å². The zero-order chi connectivity index (χ0) is 18.0. The maximum Gasteiger partial charge on any atom is 0.357 e. The number of aryl methyl sites for hydroxylation is 1. The van der Waals surface area contributed by atoms with E-state index in [0.717, 1.165) is 5.56 Å². The Morgan fingerprint density at radius 1 is 1.08 bits per heavy atom. The number of sulfonamides is 1. The second kappa shape index (κ2) is 6.77. The molecule has 0 saturated carbocycles. The van der Waals surface area contributed by atoms with Gasteiger partial charge >= 0.3 is 11.5 Å². The Morgan fingerprint density at radius 2 is 1.72 bits per heavy atom. The van der Waals surface area contributed by atoms with Crippen molar-refractivity contribution in [3.63, 3.8) is 0 Å². The van der Waals surface area contributed by atoms with Crippen LogP contribution in [0.2, 0.25) is 0 Å². The summed E-state index contributed by atoms with van der Waals surface area (Å²) in [6, 6.07) is 9.75. The van der Waals surface area contributed by atoms with Gasteiger partial charge in [0.15, 0.2) is 0 Å². The number of nitrogens with one attached hydrogen (secondary N) is 1. The van der Waals surface area contributed by atoms with E-state index in [1.807, 2.05) is 6.92 Å². The first kappa shape index (κ1) is 17.3. The average molecular weight is 363 g/mol. The van der Waals surface area contributed by atoms with Gasteiger partial charge in [0.2, 0.25) is 10.0 Å². The van der Waals surface area contributed by atoms with E-state index < -0.39 is 14.9 Å². The Kier molecular flexibility index (Phi) is 4.69. The second-order valence-corrected chi connectivity index (χ2v) is 7.80. The third-order valence-electron chi connectivity index (χ3n) is 4.22. The number of aromatic nitrogens is 1. The highest BCUT2D eigenvalue weighted by Crippen LogP contribution is 2.25. The molecule has 9 heteroatoms. The van der Waals surface area contributed by atoms with E-state index >= 15 is 0 Å². The van der Waals surface area contributed by atoms with Crippen LogP contribution in [0.4, 0.5) is 11.5 Å². The lowest BCUT2D eigenvalue weighted by atomic mass is 10.2. The predicted octanol–water partition coefficient (Wildman–Crippen LogP) is 1.23. The summed E-state index contributed by atoms with van der Waals surface area (Å²) in [5, 5.41) is 11.2. The first-order chi connectivity index (χ1) is 11.9. The molecule has 3 rings (SSSR count). The van der Waals surface area contributed by atoms with Crippen molar-refractivity contribution in [2.75, 3.05) is 31.1 Å². The molecule has 0 amide bonds. The smallest absolute Gasteiger partial charge is 0.258 e. The van der Waals surface area contributed by atoms with Crippen molar-refractivity contribution >= 4 is 21.5 Å². The minimum atomic E-state index is -3.55. The summed E-state index contributed by atoms with van der Waals surface area (Å²) < 4.78 is 26.8. The molecule has 1 aliphatic rings. The van der Waals surface area contributed by atoms with Crippen LogP contribution < -0.4 is 9.88 Å². The Balaban J connectivity index is 1.76. The molecule has 0 bridgehead atoms. The Labute approximate surface area is 145 Å². The van der Waals surface area contributed by atoms with Crippen LogP contribution in [-0.4, -0.2) is 43.8 Å². The number of anilines is 1. The molecule has 0 aliphatic carbocycles. The Hall–Kier alpha value is -2.52. The number of nitrogens with zero attached hydrogens (tertiary/aromatic N) is 3. The van der Waals surface area contributed by atoms with E-state index in [4.69, 9.17) is 0 Å². The molecule has 0 unspecified atom stereocenters. The molecule has 1 saturated heterocycles. The Bertz CT molecular complexity index is 875. The standard InChI is InChI=1S/C16H18N4O4S/c1-13-4-6-14(7-5-13)25(23,24)19-11-9-18(10-12-19)16-15(20(21)22)3-2-8-17-16/h2-8H,9-12H2,1H3/p+1. The normalized spacial score (nSPS) is 16.0. The van der Waals surface area contributed by atoms with Gasteiger partial charge in [0.25, 0.3) is 0 Å². The van der Waals surface area contributed by atoms with Crippen molar-refractivity contribution in [2.45, 2.75) is 11.8 Å². The van der Waals surface area contributed by atoms with Crippen molar-refractivity contribution in [1.82, 2.24) is 4.31 Å². The lowest BCUT2D eigenvalue weighted by Crippen LogP contribution is -2.50. The molecule has 0 atom stereocenters. The maximum absolute atomic E-state index is 12.7. The first-order valence-corrected chi connectivity index (χ1v) is 9.30. The molecule has 1 N–H and O–H groups in total. The molecular weight excluding hydrogens is 344 g/mol. The van der Waals surface area contributed by atoms with Gasteiger partial charge in [-0.3, -0.25) is 15.0 Å². The molecule has 0 spiro atoms. The van der Waals surface area contributed by atoms with Gasteiger partial charge in [-0.15, -0.1) is 0 Å². The van der Waals surface area contributed by atoms with Crippen molar-refractivity contribution in [3.05, 3.63) is 58.3 Å². The highest BCUT2D eigenvalue weighted by Gasteiger charge is 2.35. The summed E-state index contributed by atoms with van der Waals surface area (Å²) >= 11 is 0. The maximum atomic E-state index is 12.7. The number of rotatable bonds is 4. The fraction of sp³-hybridized carbons (Fsp3) is 0.312. The van der Waals surface area contributed by atoms with Crippen molar-refractivity contribution < 1.29 is 18.3 Å². The summed E-state index contributed by atoms with van der Waals surface area (Å²) in [7, 11) is -3.55. The zero-order valence-corrected chi connectivity index (χ0v) is 14.6. The number of hydrogen-bond donors (Lipinski definition) is 0. The van der Waals surface area contributed by atoms with Gasteiger partial charge in [0.1, 0.15) is 0 Å². The van der Waals surface area contributed by atoms with Crippen molar-refractivity contribution in [3.8, 4) is 0 Å². The van der Waals surface area contributed by atoms with Crippen LogP contribution in [0.3, 0.4) is 0 Å². The first-order valence-electron chi connectivity index (χ1n) is 7.86. The van der Waals surface area contributed by atoms with Gasteiger partial charge in [-0.1, -0.05) is 17.7 Å². The fourth-order valence-corrected chi connectivity index (χ4v) is 4.25. The van der Waals surface area contributed by atoms with E-state index in [0.29, 0.717) is 18.9 Å². The second-order valence-electron chi connectivity index (χ2n) is 5.87. The van der Waals surface area contributed by atoms with Crippen LogP contribution in [0.25, 0.3) is 0 Å². The van der Waals surface area contributed by atoms with E-state index in [1.54, 1.807) is 41.4 Å². The number of benzene rings is 1. The molecule has 0 radical (unpaired) electrons. The van der Waals surface area contributed by atoms with Crippen LogP contribution in [0, 0.1) is 17.0 Å². The lowest BCUT2D eigenvalue weighted by molar-refractivity contribution is -0.411. The van der Waals surface area contributed by atoms with Crippen LogP contribution in [-0.2, 0) is 10.0 Å². The third kappa shape index (κ3) is 3.47. The highest BCUT2D eigenvalue weighted by atomic mass is 32.2. The number of aromatic amines is 1. The molecule has 8 nitrogen and oxygen atoms in total. The topological polar surface area (TPSA) is 97.9 Å². The summed E-state index contributed by atoms with van der Waals surface area (Å²) in [5.41, 5.74) is 0.980. The van der Waals surface area contributed by atoms with Crippen LogP contribution in [0.5, 0.6) is 0 Å². The van der Waals surface area contributed by atoms with Gasteiger partial charge in [0, 0.05) is 6.07 Å². The minimum Gasteiger partial charge on any atom is -0.258 e. The molecule has 2 aromatic rings. The summed E-state index contributed by atoms with van der Waals surface area (Å²) in [6.07, 6.45) is 1.62. The molecule has 1 aromatic heterocycles. The van der Waals surface area contributed by atoms with E-state index in [9.17, 15) is 18.5 Å². The van der Waals surface area contributed by atoms with E-state index in [-0.39, 0.29) is 23.7 Å². The van der Waals surface area contributed by atoms with Crippen LogP contribution in [0.1, 0.15) is 5.56 Å². The van der Waals surface area contributed by atoms with E-state index in [1.165, 1.54) is 10.4 Å². The molecular formula is C16H19N4O4S+. The highest BCUT2D eigenvalue weighted by molar-refractivity contribution is 7.89. The summed E-state index contributed by atoms with van der Waals surface area (Å²) in [5.74, 6) is 0.403. The fourth-order valence-electron chi connectivity index (χ4n) is 2.83. The minimum absolute atomic E-state index is 0.0164. The van der Waals surface area contributed by atoms with Gasteiger partial charge in [-0.25, -0.2) is 13.4 Å². The molecule has 1 aromatic carbocycles. The number of H-pyrrole nitrogens is 1. The number of hydrogen-bond acceptors (Lipinski definition) is 5. The molecule has 1 aliphatic heterocycles. The summed E-state index contributed by atoms with van der Waals surface area (Å²) in [4.78, 5) is 15.7. The van der Waals surface area contributed by atoms with Crippen LogP contribution >= 0.6 is 0 Å². The number of piperazine rings is 1. The molecule has 2 heterocycles. The summed E-state index contributed by atoms with van der Waals surface area (Å²) in [6.45, 7) is 3.21. The van der Waals surface area contributed by atoms with Crippen molar-refractivity contribution in [2.24, 2.45) is 0 Å². The van der Waals surface area contributed by atoms with E-state index in [2.05, 4.69) is 4.98 Å². The average Bonchev–Trinajstić information content (AvgIpc) is 2.62. The van der Waals surface area contributed by atoms with Crippen molar-refractivity contribution in [1.29, 1.82) is 0 Å². The predicted molar refractivity (Wildman–Crippen MR) is 91.8 cm³/mol. The molecule has 25 heavy (non-hydrogen) atoms. The number of nitro groups is 1. The zero-order valence-electron chi connectivity index (χ0n) is 13.8. The quantitative estimate of drug-likeness (QED) is 0.601. The van der Waals surface area contributed by atoms with Gasteiger partial charge in [0.05, 0.1) is 42.2 Å². The lowest BCUT2D eigenvalue weighted by Gasteiger charge is -2.30. The SMILES string of the molecule is Cc1ccc(S(=O)(=O)N2CCN(c3[nH+]cccc3[N+](=O)[O-])CC2)cc1. The monoisotopic (exact) mass is 363 g/mol. The molecule has 132 valence electrons. The largest absolute Gasteiger partial charge is 0.357 e. The van der Waals surface area contributed by atoms with Gasteiger partial charge in [-0.05, 0) is 25.1 Å². The third-order valence-corrected chi connectivity index (χ3v) is 6.14. The Morgan fingerprint density at radius 3 is 2.32 bits per heavy atom.